The lowest BCUT2D eigenvalue weighted by atomic mass is 10.0. The SMILES string of the molecule is COc1ccc(O[C@@H]2CC=CC[C@H]2O)cc1. The number of methoxy groups -OCH3 is 1. The molecule has 16 heavy (non-hydrogen) atoms. The zero-order valence-corrected chi connectivity index (χ0v) is 9.30. The zero-order chi connectivity index (χ0) is 11.4. The summed E-state index contributed by atoms with van der Waals surface area (Å²) in [5, 5.41) is 9.73. The lowest BCUT2D eigenvalue weighted by Gasteiger charge is -2.25. The third-order valence-corrected chi connectivity index (χ3v) is 2.69. The molecule has 0 amide bonds. The first-order chi connectivity index (χ1) is 7.79. The molecule has 1 aliphatic carbocycles. The second kappa shape index (κ2) is 5.03. The van der Waals surface area contributed by atoms with E-state index in [0.29, 0.717) is 6.42 Å². The van der Waals surface area contributed by atoms with Gasteiger partial charge in [-0.05, 0) is 30.7 Å². The molecule has 0 heterocycles. The number of ether oxygens (including phenoxy) is 2. The summed E-state index contributed by atoms with van der Waals surface area (Å²) >= 11 is 0. The maximum absolute atomic E-state index is 9.73. The normalized spacial score (nSPS) is 24.1. The van der Waals surface area contributed by atoms with Gasteiger partial charge in [-0.15, -0.1) is 0 Å². The van der Waals surface area contributed by atoms with Crippen molar-refractivity contribution < 1.29 is 14.6 Å². The number of aliphatic hydroxyl groups is 1. The van der Waals surface area contributed by atoms with Gasteiger partial charge in [0, 0.05) is 6.42 Å². The molecule has 3 heteroatoms. The highest BCUT2D eigenvalue weighted by atomic mass is 16.5. The standard InChI is InChI=1S/C13H16O3/c1-15-10-6-8-11(9-7-10)16-13-5-3-2-4-12(13)14/h2-3,6-9,12-14H,4-5H2,1H3/t12-,13-/m1/s1. The fourth-order valence-corrected chi connectivity index (χ4v) is 1.73. The van der Waals surface area contributed by atoms with Crippen LogP contribution in [0.5, 0.6) is 11.5 Å². The van der Waals surface area contributed by atoms with Crippen molar-refractivity contribution in [2.45, 2.75) is 25.0 Å². The molecule has 2 rings (SSSR count). The van der Waals surface area contributed by atoms with Crippen LogP contribution in [0.1, 0.15) is 12.8 Å². The van der Waals surface area contributed by atoms with Crippen molar-refractivity contribution in [3.63, 3.8) is 0 Å². The zero-order valence-electron chi connectivity index (χ0n) is 9.30. The smallest absolute Gasteiger partial charge is 0.128 e. The van der Waals surface area contributed by atoms with E-state index in [-0.39, 0.29) is 6.10 Å². The minimum absolute atomic E-state index is 0.140. The molecule has 0 aliphatic heterocycles. The topological polar surface area (TPSA) is 38.7 Å². The molecule has 0 unspecified atom stereocenters. The molecular formula is C13H16O3. The summed E-state index contributed by atoms with van der Waals surface area (Å²) in [6.45, 7) is 0. The van der Waals surface area contributed by atoms with Crippen LogP contribution in [0.3, 0.4) is 0 Å². The monoisotopic (exact) mass is 220 g/mol. The Balaban J connectivity index is 2.00. The lowest BCUT2D eigenvalue weighted by molar-refractivity contribution is 0.0356. The van der Waals surface area contributed by atoms with Gasteiger partial charge < -0.3 is 14.6 Å². The van der Waals surface area contributed by atoms with Crippen molar-refractivity contribution in [1.82, 2.24) is 0 Å². The number of hydrogen-bond acceptors (Lipinski definition) is 3. The summed E-state index contributed by atoms with van der Waals surface area (Å²) < 4.78 is 10.8. The Labute approximate surface area is 95.3 Å². The van der Waals surface area contributed by atoms with Crippen LogP contribution >= 0.6 is 0 Å². The highest BCUT2D eigenvalue weighted by molar-refractivity contribution is 5.31. The summed E-state index contributed by atoms with van der Waals surface area (Å²) in [7, 11) is 1.63. The number of rotatable bonds is 3. The predicted molar refractivity (Wildman–Crippen MR) is 61.8 cm³/mol. The summed E-state index contributed by atoms with van der Waals surface area (Å²) in [5.74, 6) is 1.57. The van der Waals surface area contributed by atoms with Gasteiger partial charge in [-0.2, -0.15) is 0 Å². The van der Waals surface area contributed by atoms with Crippen LogP contribution in [-0.2, 0) is 0 Å². The van der Waals surface area contributed by atoms with Crippen molar-refractivity contribution >= 4 is 0 Å². The van der Waals surface area contributed by atoms with E-state index in [1.807, 2.05) is 36.4 Å². The molecule has 0 bridgehead atoms. The molecule has 1 aliphatic rings. The molecule has 2 atom stereocenters. The van der Waals surface area contributed by atoms with E-state index in [0.717, 1.165) is 17.9 Å². The molecule has 0 aromatic heterocycles. The minimum Gasteiger partial charge on any atom is -0.497 e. The highest BCUT2D eigenvalue weighted by Gasteiger charge is 2.21. The number of hydrogen-bond donors (Lipinski definition) is 1. The van der Waals surface area contributed by atoms with Gasteiger partial charge in [0.15, 0.2) is 0 Å². The molecule has 0 spiro atoms. The first kappa shape index (κ1) is 11.0. The van der Waals surface area contributed by atoms with Gasteiger partial charge in [0.2, 0.25) is 0 Å². The van der Waals surface area contributed by atoms with Gasteiger partial charge in [-0.3, -0.25) is 0 Å². The van der Waals surface area contributed by atoms with E-state index in [1.54, 1.807) is 7.11 Å². The first-order valence-electron chi connectivity index (χ1n) is 5.43. The van der Waals surface area contributed by atoms with Crippen LogP contribution in [0.25, 0.3) is 0 Å². The van der Waals surface area contributed by atoms with E-state index in [9.17, 15) is 5.11 Å². The summed E-state index contributed by atoms with van der Waals surface area (Å²) in [6, 6.07) is 7.40. The van der Waals surface area contributed by atoms with Gasteiger partial charge in [0.05, 0.1) is 13.2 Å². The fraction of sp³-hybridized carbons (Fsp3) is 0.385. The Kier molecular flexibility index (Phi) is 3.47. The Morgan fingerprint density at radius 1 is 1.06 bits per heavy atom. The molecular weight excluding hydrogens is 204 g/mol. The Morgan fingerprint density at radius 2 is 1.69 bits per heavy atom. The fourth-order valence-electron chi connectivity index (χ4n) is 1.73. The largest absolute Gasteiger partial charge is 0.497 e. The maximum Gasteiger partial charge on any atom is 0.128 e. The number of benzene rings is 1. The molecule has 86 valence electrons. The highest BCUT2D eigenvalue weighted by Crippen LogP contribution is 2.22. The van der Waals surface area contributed by atoms with Crippen molar-refractivity contribution in [3.8, 4) is 11.5 Å². The average molecular weight is 220 g/mol. The molecule has 1 aromatic carbocycles. The number of aliphatic hydroxyl groups excluding tert-OH is 1. The van der Waals surface area contributed by atoms with Gasteiger partial charge in [-0.25, -0.2) is 0 Å². The van der Waals surface area contributed by atoms with Crippen LogP contribution in [0, 0.1) is 0 Å². The van der Waals surface area contributed by atoms with E-state index < -0.39 is 6.10 Å². The second-order valence-corrected chi connectivity index (χ2v) is 3.84. The van der Waals surface area contributed by atoms with E-state index in [4.69, 9.17) is 9.47 Å². The minimum atomic E-state index is -0.410. The van der Waals surface area contributed by atoms with Gasteiger partial charge in [-0.1, -0.05) is 12.2 Å². The van der Waals surface area contributed by atoms with E-state index >= 15 is 0 Å². The van der Waals surface area contributed by atoms with Crippen LogP contribution in [-0.4, -0.2) is 24.4 Å². The molecule has 3 nitrogen and oxygen atoms in total. The molecule has 1 N–H and O–H groups in total. The van der Waals surface area contributed by atoms with Crippen molar-refractivity contribution in [2.75, 3.05) is 7.11 Å². The second-order valence-electron chi connectivity index (χ2n) is 3.84. The van der Waals surface area contributed by atoms with E-state index in [2.05, 4.69) is 0 Å². The van der Waals surface area contributed by atoms with Crippen LogP contribution in [0.4, 0.5) is 0 Å². The van der Waals surface area contributed by atoms with E-state index in [1.165, 1.54) is 0 Å². The molecule has 1 aromatic rings. The first-order valence-corrected chi connectivity index (χ1v) is 5.43. The maximum atomic E-state index is 9.73. The Bertz CT molecular complexity index is 356. The van der Waals surface area contributed by atoms with Crippen molar-refractivity contribution in [3.05, 3.63) is 36.4 Å². The quantitative estimate of drug-likeness (QED) is 0.793. The van der Waals surface area contributed by atoms with Crippen LogP contribution < -0.4 is 9.47 Å². The third-order valence-electron chi connectivity index (χ3n) is 2.69. The molecule has 0 saturated carbocycles. The predicted octanol–water partition coefficient (Wildman–Crippen LogP) is 2.15. The Morgan fingerprint density at radius 3 is 2.31 bits per heavy atom. The lowest BCUT2D eigenvalue weighted by Crippen LogP contribution is -2.32. The van der Waals surface area contributed by atoms with Crippen LogP contribution in [0.15, 0.2) is 36.4 Å². The molecule has 0 radical (unpaired) electrons. The summed E-state index contributed by atoms with van der Waals surface area (Å²) in [6.07, 6.45) is 4.90. The summed E-state index contributed by atoms with van der Waals surface area (Å²) in [4.78, 5) is 0. The molecule has 0 fully saturated rings. The average Bonchev–Trinajstić information content (AvgIpc) is 2.33. The Hall–Kier alpha value is -1.48. The third kappa shape index (κ3) is 2.55. The van der Waals surface area contributed by atoms with Crippen molar-refractivity contribution in [2.24, 2.45) is 0 Å². The van der Waals surface area contributed by atoms with Crippen LogP contribution in [0.2, 0.25) is 0 Å². The van der Waals surface area contributed by atoms with Crippen molar-refractivity contribution in [1.29, 1.82) is 0 Å². The van der Waals surface area contributed by atoms with Gasteiger partial charge in [0.1, 0.15) is 17.6 Å². The van der Waals surface area contributed by atoms with Gasteiger partial charge in [0.25, 0.3) is 0 Å². The van der Waals surface area contributed by atoms with Gasteiger partial charge >= 0.3 is 0 Å². The molecule has 0 saturated heterocycles. The summed E-state index contributed by atoms with van der Waals surface area (Å²) in [5.41, 5.74) is 0.